The van der Waals surface area contributed by atoms with Crippen molar-refractivity contribution < 1.29 is 23.1 Å². The summed E-state index contributed by atoms with van der Waals surface area (Å²) >= 11 is 6.24. The van der Waals surface area contributed by atoms with E-state index < -0.39 is 23.6 Å². The van der Waals surface area contributed by atoms with Crippen molar-refractivity contribution in [3.05, 3.63) is 75.8 Å². The Morgan fingerprint density at radius 3 is 2.48 bits per heavy atom. The quantitative estimate of drug-likeness (QED) is 0.626. The molecule has 2 aromatic carbocycles. The maximum atomic E-state index is 13.6. The Morgan fingerprint density at radius 1 is 1.15 bits per heavy atom. The summed E-state index contributed by atoms with van der Waals surface area (Å²) < 4.78 is 40.7. The summed E-state index contributed by atoms with van der Waals surface area (Å²) in [7, 11) is 0. The first-order valence-electron chi connectivity index (χ1n) is 8.43. The van der Waals surface area contributed by atoms with E-state index in [1.165, 1.54) is 18.2 Å². The summed E-state index contributed by atoms with van der Waals surface area (Å²) in [6.07, 6.45) is -0.125. The van der Waals surface area contributed by atoms with Gasteiger partial charge in [0.15, 0.2) is 0 Å². The molecule has 7 heteroatoms. The fourth-order valence-electron chi connectivity index (χ4n) is 4.08. The molecule has 1 heterocycles. The van der Waals surface area contributed by atoms with Crippen LogP contribution in [0.1, 0.15) is 45.4 Å². The van der Waals surface area contributed by atoms with Crippen LogP contribution >= 0.6 is 11.6 Å². The summed E-state index contributed by atoms with van der Waals surface area (Å²) in [4.78, 5) is 11.1. The van der Waals surface area contributed by atoms with Crippen LogP contribution in [0.3, 0.4) is 0 Å². The highest BCUT2D eigenvalue weighted by Crippen LogP contribution is 2.54. The molecule has 3 atom stereocenters. The Balaban J connectivity index is 1.82. The zero-order valence-electron chi connectivity index (χ0n) is 13.9. The summed E-state index contributed by atoms with van der Waals surface area (Å²) in [5.74, 6) is -1.53. The lowest BCUT2D eigenvalue weighted by molar-refractivity contribution is -0.138. The Hall–Kier alpha value is -2.47. The second-order valence-electron chi connectivity index (χ2n) is 6.78. The van der Waals surface area contributed by atoms with E-state index >= 15 is 0 Å². The van der Waals surface area contributed by atoms with Crippen molar-refractivity contribution in [3.63, 3.8) is 0 Å². The van der Waals surface area contributed by atoms with Crippen LogP contribution in [0.5, 0.6) is 0 Å². The average Bonchev–Trinajstić information content (AvgIpc) is 3.10. The average molecular weight is 394 g/mol. The van der Waals surface area contributed by atoms with E-state index in [-0.39, 0.29) is 28.1 Å². The van der Waals surface area contributed by atoms with Crippen molar-refractivity contribution >= 4 is 23.3 Å². The third kappa shape index (κ3) is 2.98. The summed E-state index contributed by atoms with van der Waals surface area (Å²) in [6, 6.07) is 8.43. The molecule has 1 aliphatic heterocycles. The smallest absolute Gasteiger partial charge is 0.416 e. The van der Waals surface area contributed by atoms with Gasteiger partial charge < -0.3 is 10.4 Å². The minimum absolute atomic E-state index is 0.104. The highest BCUT2D eigenvalue weighted by atomic mass is 35.5. The number of allylic oxidation sites excluding steroid dienone is 2. The van der Waals surface area contributed by atoms with Crippen LogP contribution in [0.2, 0.25) is 5.02 Å². The number of halogens is 4. The summed E-state index contributed by atoms with van der Waals surface area (Å²) in [5.41, 5.74) is 0.792. The molecule has 0 unspecified atom stereocenters. The van der Waals surface area contributed by atoms with Gasteiger partial charge in [-0.3, -0.25) is 0 Å². The number of carboxylic acids is 1. The highest BCUT2D eigenvalue weighted by molar-refractivity contribution is 6.33. The largest absolute Gasteiger partial charge is 0.478 e. The zero-order chi connectivity index (χ0) is 19.3. The molecule has 0 amide bonds. The Bertz CT molecular complexity index is 937. The van der Waals surface area contributed by atoms with E-state index in [0.29, 0.717) is 12.1 Å². The van der Waals surface area contributed by atoms with E-state index in [4.69, 9.17) is 16.7 Å². The summed E-state index contributed by atoms with van der Waals surface area (Å²) in [5, 5.41) is 12.5. The van der Waals surface area contributed by atoms with Crippen molar-refractivity contribution in [1.82, 2.24) is 0 Å². The van der Waals surface area contributed by atoms with Crippen LogP contribution in [0.4, 0.5) is 18.9 Å². The maximum absolute atomic E-state index is 13.6. The van der Waals surface area contributed by atoms with Gasteiger partial charge in [-0.05, 0) is 47.7 Å². The van der Waals surface area contributed by atoms with Gasteiger partial charge in [0, 0.05) is 5.92 Å². The molecule has 27 heavy (non-hydrogen) atoms. The molecule has 2 N–H and O–H groups in total. The molecule has 0 aromatic heterocycles. The number of rotatable bonds is 2. The molecule has 4 rings (SSSR count). The molecular formula is C20H15ClF3NO2. The molecular weight excluding hydrogens is 379 g/mol. The normalized spacial score (nSPS) is 23.5. The molecule has 1 aliphatic carbocycles. The van der Waals surface area contributed by atoms with Gasteiger partial charge in [0.2, 0.25) is 0 Å². The Kier molecular flexibility index (Phi) is 4.18. The molecule has 0 bridgehead atoms. The lowest BCUT2D eigenvalue weighted by atomic mass is 9.75. The Labute approximate surface area is 158 Å². The molecule has 0 spiro atoms. The molecule has 0 saturated carbocycles. The van der Waals surface area contributed by atoms with Crippen molar-refractivity contribution in [2.45, 2.75) is 24.6 Å². The minimum Gasteiger partial charge on any atom is -0.478 e. The van der Waals surface area contributed by atoms with Crippen LogP contribution in [0.25, 0.3) is 0 Å². The monoisotopic (exact) mass is 393 g/mol. The molecule has 0 saturated heterocycles. The number of carbonyl (C=O) groups is 1. The molecule has 0 radical (unpaired) electrons. The SMILES string of the molecule is O=C(O)c1ccc([C@@H]2Nc3c(Cl)ccc(C(F)(F)F)c3[C@H]3C=CC[C@@H]32)cc1. The highest BCUT2D eigenvalue weighted by Gasteiger charge is 2.44. The van der Waals surface area contributed by atoms with Crippen molar-refractivity contribution in [3.8, 4) is 0 Å². The predicted molar refractivity (Wildman–Crippen MR) is 96.2 cm³/mol. The number of hydrogen-bond donors (Lipinski definition) is 2. The van der Waals surface area contributed by atoms with Gasteiger partial charge in [-0.2, -0.15) is 13.2 Å². The molecule has 2 aromatic rings. The first kappa shape index (κ1) is 17.9. The maximum Gasteiger partial charge on any atom is 0.416 e. The van der Waals surface area contributed by atoms with Gasteiger partial charge in [-0.1, -0.05) is 35.9 Å². The van der Waals surface area contributed by atoms with E-state index in [1.54, 1.807) is 12.1 Å². The number of hydrogen-bond acceptors (Lipinski definition) is 2. The molecule has 3 nitrogen and oxygen atoms in total. The number of aromatic carboxylic acids is 1. The van der Waals surface area contributed by atoms with Gasteiger partial charge in [0.1, 0.15) is 0 Å². The number of nitrogens with one attached hydrogen (secondary N) is 1. The molecule has 2 aliphatic rings. The summed E-state index contributed by atoms with van der Waals surface area (Å²) in [6.45, 7) is 0. The van der Waals surface area contributed by atoms with Gasteiger partial charge in [-0.15, -0.1) is 0 Å². The van der Waals surface area contributed by atoms with Crippen LogP contribution in [0, 0.1) is 5.92 Å². The van der Waals surface area contributed by atoms with Crippen LogP contribution in [-0.2, 0) is 6.18 Å². The zero-order valence-corrected chi connectivity index (χ0v) is 14.7. The lowest BCUT2D eigenvalue weighted by Gasteiger charge is -2.39. The fourth-order valence-corrected chi connectivity index (χ4v) is 4.30. The topological polar surface area (TPSA) is 49.3 Å². The fraction of sp³-hybridized carbons (Fsp3) is 0.250. The van der Waals surface area contributed by atoms with Gasteiger partial charge in [-0.25, -0.2) is 4.79 Å². The van der Waals surface area contributed by atoms with Crippen LogP contribution < -0.4 is 5.32 Å². The van der Waals surface area contributed by atoms with Crippen LogP contribution in [-0.4, -0.2) is 11.1 Å². The Morgan fingerprint density at radius 2 is 1.85 bits per heavy atom. The van der Waals surface area contributed by atoms with Crippen molar-refractivity contribution in [2.75, 3.05) is 5.32 Å². The first-order valence-corrected chi connectivity index (χ1v) is 8.81. The van der Waals surface area contributed by atoms with E-state index in [1.807, 2.05) is 12.2 Å². The minimum atomic E-state index is -4.46. The third-order valence-electron chi connectivity index (χ3n) is 5.29. The van der Waals surface area contributed by atoms with Gasteiger partial charge >= 0.3 is 12.1 Å². The molecule has 140 valence electrons. The van der Waals surface area contributed by atoms with Gasteiger partial charge in [0.25, 0.3) is 0 Å². The van der Waals surface area contributed by atoms with E-state index in [9.17, 15) is 18.0 Å². The number of fused-ring (bicyclic) bond motifs is 3. The number of anilines is 1. The van der Waals surface area contributed by atoms with Gasteiger partial charge in [0.05, 0.1) is 27.9 Å². The second kappa shape index (κ2) is 6.30. The predicted octanol–water partition coefficient (Wildman–Crippen LogP) is 5.88. The first-order chi connectivity index (χ1) is 12.8. The third-order valence-corrected chi connectivity index (χ3v) is 5.61. The van der Waals surface area contributed by atoms with Crippen molar-refractivity contribution in [1.29, 1.82) is 0 Å². The molecule has 0 fully saturated rings. The standard InChI is InChI=1S/C20H15ClF3NO2/c21-15-9-8-14(20(22,23)24)16-12-2-1-3-13(12)17(25-18(15)16)10-4-6-11(7-5-10)19(26)27/h1-2,4-9,12-13,17,25H,3H2,(H,26,27)/t12-,13-,17-/m0/s1. The van der Waals surface area contributed by atoms with E-state index in [2.05, 4.69) is 5.32 Å². The second-order valence-corrected chi connectivity index (χ2v) is 7.19. The number of alkyl halides is 3. The number of carboxylic acid groups (broad SMARTS) is 1. The number of benzene rings is 2. The lowest BCUT2D eigenvalue weighted by Crippen LogP contribution is -2.31. The van der Waals surface area contributed by atoms with Crippen molar-refractivity contribution in [2.24, 2.45) is 5.92 Å². The van der Waals surface area contributed by atoms with E-state index in [0.717, 1.165) is 11.6 Å². The van der Waals surface area contributed by atoms with Crippen LogP contribution in [0.15, 0.2) is 48.6 Å².